The molecule has 0 spiro atoms. The van der Waals surface area contributed by atoms with Crippen LogP contribution < -0.4 is 0 Å². The number of fused-ring (bicyclic) bond motifs is 2. The van der Waals surface area contributed by atoms with Gasteiger partial charge in [-0.2, -0.15) is 0 Å². The first kappa shape index (κ1) is 12.5. The van der Waals surface area contributed by atoms with Crippen LogP contribution >= 0.6 is 0 Å². The smallest absolute Gasteiger partial charge is 0.302 e. The molecule has 2 aliphatic carbocycles. The number of carbonyl (C=O) groups is 1. The molecule has 1 heterocycles. The summed E-state index contributed by atoms with van der Waals surface area (Å²) in [6, 6.07) is 0.688. The molecule has 0 aromatic carbocycles. The topological polar surface area (TPSA) is 29.5 Å². The maximum absolute atomic E-state index is 11.3. The number of carbonyl (C=O) groups excluding carboxylic acids is 1. The molecular formula is C15H25NO2. The van der Waals surface area contributed by atoms with E-state index in [-0.39, 0.29) is 12.1 Å². The van der Waals surface area contributed by atoms with Crippen LogP contribution in [0.25, 0.3) is 0 Å². The number of esters is 1. The average molecular weight is 251 g/mol. The zero-order chi connectivity index (χ0) is 12.5. The summed E-state index contributed by atoms with van der Waals surface area (Å²) in [5.74, 6) is 1.18. The zero-order valence-electron chi connectivity index (χ0n) is 11.4. The molecule has 3 aliphatic rings. The second-order valence-electron chi connectivity index (χ2n) is 6.32. The lowest BCUT2D eigenvalue weighted by molar-refractivity contribution is -0.154. The van der Waals surface area contributed by atoms with E-state index >= 15 is 0 Å². The van der Waals surface area contributed by atoms with Gasteiger partial charge in [0.1, 0.15) is 6.10 Å². The van der Waals surface area contributed by atoms with E-state index in [1.165, 1.54) is 58.0 Å². The fourth-order valence-corrected chi connectivity index (χ4v) is 4.48. The van der Waals surface area contributed by atoms with Crippen molar-refractivity contribution in [3.05, 3.63) is 0 Å². The molecule has 1 saturated heterocycles. The number of rotatable bonds is 2. The van der Waals surface area contributed by atoms with E-state index < -0.39 is 0 Å². The van der Waals surface area contributed by atoms with Crippen LogP contribution in [0.4, 0.5) is 0 Å². The van der Waals surface area contributed by atoms with Crippen LogP contribution in [0, 0.1) is 11.8 Å². The Bertz CT molecular complexity index is 312. The zero-order valence-corrected chi connectivity index (χ0v) is 11.4. The van der Waals surface area contributed by atoms with Crippen molar-refractivity contribution in [1.82, 2.24) is 4.90 Å². The monoisotopic (exact) mass is 251 g/mol. The molecule has 0 amide bonds. The van der Waals surface area contributed by atoms with Gasteiger partial charge in [-0.1, -0.05) is 6.42 Å². The van der Waals surface area contributed by atoms with Crippen LogP contribution in [0.15, 0.2) is 0 Å². The van der Waals surface area contributed by atoms with Crippen molar-refractivity contribution < 1.29 is 9.53 Å². The molecule has 0 radical (unpaired) electrons. The third kappa shape index (κ3) is 2.29. The highest BCUT2D eigenvalue weighted by molar-refractivity contribution is 5.66. The highest BCUT2D eigenvalue weighted by Crippen LogP contribution is 2.46. The normalized spacial score (nSPS) is 40.7. The molecule has 2 bridgehead atoms. The van der Waals surface area contributed by atoms with Crippen LogP contribution in [0.3, 0.4) is 0 Å². The van der Waals surface area contributed by atoms with Gasteiger partial charge in [-0.3, -0.25) is 9.69 Å². The molecule has 102 valence electrons. The minimum atomic E-state index is -0.0869. The predicted octanol–water partition coefficient (Wildman–Crippen LogP) is 2.59. The van der Waals surface area contributed by atoms with E-state index in [1.807, 2.05) is 0 Å². The summed E-state index contributed by atoms with van der Waals surface area (Å²) in [5, 5.41) is 0. The predicted molar refractivity (Wildman–Crippen MR) is 70.2 cm³/mol. The van der Waals surface area contributed by atoms with Crippen molar-refractivity contribution in [3.8, 4) is 0 Å². The van der Waals surface area contributed by atoms with E-state index in [0.717, 1.165) is 0 Å². The van der Waals surface area contributed by atoms with E-state index in [0.29, 0.717) is 17.9 Å². The van der Waals surface area contributed by atoms with Crippen molar-refractivity contribution in [2.75, 3.05) is 13.1 Å². The lowest BCUT2D eigenvalue weighted by Crippen LogP contribution is -2.49. The lowest BCUT2D eigenvalue weighted by atomic mass is 9.80. The molecule has 0 N–H and O–H groups in total. The van der Waals surface area contributed by atoms with Crippen molar-refractivity contribution >= 4 is 5.97 Å². The Labute approximate surface area is 110 Å². The highest BCUT2D eigenvalue weighted by atomic mass is 16.5. The van der Waals surface area contributed by atoms with Gasteiger partial charge in [-0.15, -0.1) is 0 Å². The van der Waals surface area contributed by atoms with Gasteiger partial charge < -0.3 is 4.74 Å². The average Bonchev–Trinajstić information content (AvgIpc) is 2.62. The Balaban J connectivity index is 1.70. The molecule has 0 aromatic heterocycles. The van der Waals surface area contributed by atoms with Crippen LogP contribution in [0.2, 0.25) is 0 Å². The molecule has 2 saturated carbocycles. The minimum absolute atomic E-state index is 0.0869. The van der Waals surface area contributed by atoms with Gasteiger partial charge >= 0.3 is 5.97 Å². The second-order valence-corrected chi connectivity index (χ2v) is 6.32. The molecular weight excluding hydrogens is 226 g/mol. The SMILES string of the molecule is CC(=O)O[C@H]1[C@@H]2CC[C@H]1[C@@H](N1CCCCC1)CC2. The largest absolute Gasteiger partial charge is 0.462 e. The van der Waals surface area contributed by atoms with Gasteiger partial charge in [-0.05, 0) is 57.5 Å². The third-order valence-corrected chi connectivity index (χ3v) is 5.25. The summed E-state index contributed by atoms with van der Waals surface area (Å²) in [4.78, 5) is 14.0. The quantitative estimate of drug-likeness (QED) is 0.707. The Morgan fingerprint density at radius 2 is 1.78 bits per heavy atom. The Hall–Kier alpha value is -0.570. The van der Waals surface area contributed by atoms with Gasteiger partial charge in [0.05, 0.1) is 0 Å². The van der Waals surface area contributed by atoms with Gasteiger partial charge in [0.2, 0.25) is 0 Å². The van der Waals surface area contributed by atoms with Crippen LogP contribution in [-0.2, 0) is 9.53 Å². The molecule has 0 unspecified atom stereocenters. The van der Waals surface area contributed by atoms with Crippen molar-refractivity contribution in [2.24, 2.45) is 11.8 Å². The first-order valence-corrected chi connectivity index (χ1v) is 7.67. The molecule has 1 aliphatic heterocycles. The maximum atomic E-state index is 11.3. The fraction of sp³-hybridized carbons (Fsp3) is 0.933. The molecule has 18 heavy (non-hydrogen) atoms. The fourth-order valence-electron chi connectivity index (χ4n) is 4.48. The van der Waals surface area contributed by atoms with E-state index in [4.69, 9.17) is 4.74 Å². The van der Waals surface area contributed by atoms with E-state index in [1.54, 1.807) is 6.92 Å². The summed E-state index contributed by atoms with van der Waals surface area (Å²) < 4.78 is 5.63. The third-order valence-electron chi connectivity index (χ3n) is 5.25. The summed E-state index contributed by atoms with van der Waals surface area (Å²) in [6.45, 7) is 4.08. The van der Waals surface area contributed by atoms with Crippen LogP contribution in [0.5, 0.6) is 0 Å². The van der Waals surface area contributed by atoms with Crippen LogP contribution in [-0.4, -0.2) is 36.1 Å². The molecule has 3 fully saturated rings. The summed E-state index contributed by atoms with van der Waals surface area (Å²) in [6.07, 6.45) is 9.45. The first-order chi connectivity index (χ1) is 8.75. The van der Waals surface area contributed by atoms with Gasteiger partial charge in [0.25, 0.3) is 0 Å². The number of nitrogens with zero attached hydrogens (tertiary/aromatic N) is 1. The molecule has 4 atom stereocenters. The number of hydrogen-bond donors (Lipinski definition) is 0. The van der Waals surface area contributed by atoms with Crippen molar-refractivity contribution in [2.45, 2.75) is 64.0 Å². The number of piperidine rings is 1. The highest BCUT2D eigenvalue weighted by Gasteiger charge is 2.47. The number of likely N-dealkylation sites (tertiary alicyclic amines) is 1. The number of ether oxygens (including phenoxy) is 1. The lowest BCUT2D eigenvalue weighted by Gasteiger charge is -2.43. The standard InChI is InChI=1S/C15H25NO2/c1-11(17)18-15-12-5-7-13(15)14(8-6-12)16-9-3-2-4-10-16/h12-15H,2-10H2,1H3/t12-,13+,14+,15+/m1/s1. The number of hydrogen-bond acceptors (Lipinski definition) is 3. The minimum Gasteiger partial charge on any atom is -0.462 e. The first-order valence-electron chi connectivity index (χ1n) is 7.67. The molecule has 3 heteroatoms. The van der Waals surface area contributed by atoms with Gasteiger partial charge in [0, 0.05) is 18.9 Å². The summed E-state index contributed by atoms with van der Waals surface area (Å²) >= 11 is 0. The summed E-state index contributed by atoms with van der Waals surface area (Å²) in [7, 11) is 0. The van der Waals surface area contributed by atoms with E-state index in [2.05, 4.69) is 4.90 Å². The Kier molecular flexibility index (Phi) is 3.60. The van der Waals surface area contributed by atoms with Gasteiger partial charge in [-0.25, -0.2) is 0 Å². The Morgan fingerprint density at radius 3 is 2.50 bits per heavy atom. The molecule has 0 aromatic rings. The second kappa shape index (κ2) is 5.20. The molecule has 3 rings (SSSR count). The summed E-state index contributed by atoms with van der Waals surface area (Å²) in [5.41, 5.74) is 0. The van der Waals surface area contributed by atoms with Crippen LogP contribution in [0.1, 0.15) is 51.9 Å². The maximum Gasteiger partial charge on any atom is 0.302 e. The van der Waals surface area contributed by atoms with Gasteiger partial charge in [0.15, 0.2) is 0 Å². The van der Waals surface area contributed by atoms with Crippen molar-refractivity contribution in [3.63, 3.8) is 0 Å². The molecule has 3 nitrogen and oxygen atoms in total. The van der Waals surface area contributed by atoms with E-state index in [9.17, 15) is 4.79 Å². The van der Waals surface area contributed by atoms with Crippen molar-refractivity contribution in [1.29, 1.82) is 0 Å². The Morgan fingerprint density at radius 1 is 1.06 bits per heavy atom.